The van der Waals surface area contributed by atoms with Crippen LogP contribution in [-0.2, 0) is 4.79 Å². The van der Waals surface area contributed by atoms with E-state index in [2.05, 4.69) is 5.43 Å². The van der Waals surface area contributed by atoms with Crippen LogP contribution in [0.25, 0.3) is 0 Å². The van der Waals surface area contributed by atoms with Crippen molar-refractivity contribution < 1.29 is 4.79 Å². The molecule has 1 amide bonds. The third-order valence-electron chi connectivity index (χ3n) is 1.89. The van der Waals surface area contributed by atoms with Crippen LogP contribution < -0.4 is 5.43 Å². The van der Waals surface area contributed by atoms with Gasteiger partial charge in [0.2, 0.25) is 5.91 Å². The summed E-state index contributed by atoms with van der Waals surface area (Å²) in [5, 5.41) is 1.62. The lowest BCUT2D eigenvalue weighted by Gasteiger charge is -2.31. The van der Waals surface area contributed by atoms with Gasteiger partial charge in [-0.15, -0.1) is 0 Å². The van der Waals surface area contributed by atoms with Gasteiger partial charge in [-0.25, -0.2) is 0 Å². The lowest BCUT2D eigenvalue weighted by molar-refractivity contribution is -0.137. The highest BCUT2D eigenvalue weighted by Crippen LogP contribution is 2.12. The standard InChI is InChI=1S/C9H10N2O/c12-9-6-7-11(9)10-8-4-2-1-3-5-8/h1-5,10H,6-7H2. The van der Waals surface area contributed by atoms with Gasteiger partial charge in [0.05, 0.1) is 12.2 Å². The number of anilines is 1. The quantitative estimate of drug-likeness (QED) is 0.664. The molecule has 12 heavy (non-hydrogen) atoms. The van der Waals surface area contributed by atoms with E-state index in [1.165, 1.54) is 0 Å². The number of β-lactam (4-membered cyclic amide) rings is 1. The first-order valence-electron chi connectivity index (χ1n) is 3.98. The molecule has 1 aliphatic rings. The number of hydrazine groups is 1. The largest absolute Gasteiger partial charge is 0.296 e. The first kappa shape index (κ1) is 7.16. The minimum atomic E-state index is 0.166. The molecule has 3 nitrogen and oxygen atoms in total. The highest BCUT2D eigenvalue weighted by atomic mass is 16.2. The molecular formula is C9H10N2O. The molecule has 0 aliphatic carbocycles. The second-order valence-electron chi connectivity index (χ2n) is 2.77. The average molecular weight is 162 g/mol. The molecule has 0 spiro atoms. The van der Waals surface area contributed by atoms with Crippen LogP contribution in [0.5, 0.6) is 0 Å². The maximum absolute atomic E-state index is 10.9. The first-order valence-corrected chi connectivity index (χ1v) is 3.98. The summed E-state index contributed by atoms with van der Waals surface area (Å²) in [5.74, 6) is 0.166. The number of nitrogens with one attached hydrogen (secondary N) is 1. The number of carbonyl (C=O) groups excluding carboxylic acids is 1. The van der Waals surface area contributed by atoms with E-state index in [0.717, 1.165) is 12.2 Å². The number of para-hydroxylation sites is 1. The van der Waals surface area contributed by atoms with E-state index in [9.17, 15) is 4.79 Å². The highest BCUT2D eigenvalue weighted by molar-refractivity contribution is 5.83. The second-order valence-corrected chi connectivity index (χ2v) is 2.77. The van der Waals surface area contributed by atoms with E-state index in [1.54, 1.807) is 5.01 Å². The molecule has 0 aromatic heterocycles. The van der Waals surface area contributed by atoms with Crippen molar-refractivity contribution in [2.75, 3.05) is 12.0 Å². The Morgan fingerprint density at radius 3 is 2.50 bits per heavy atom. The molecule has 1 N–H and O–H groups in total. The minimum Gasteiger partial charge on any atom is -0.296 e. The molecule has 0 atom stereocenters. The molecule has 1 heterocycles. The molecule has 1 aliphatic heterocycles. The summed E-state index contributed by atoms with van der Waals surface area (Å²) >= 11 is 0. The number of carbonyl (C=O) groups is 1. The minimum absolute atomic E-state index is 0.166. The van der Waals surface area contributed by atoms with Gasteiger partial charge in [-0.1, -0.05) is 18.2 Å². The van der Waals surface area contributed by atoms with Gasteiger partial charge < -0.3 is 0 Å². The van der Waals surface area contributed by atoms with Gasteiger partial charge in [0.1, 0.15) is 0 Å². The van der Waals surface area contributed by atoms with E-state index < -0.39 is 0 Å². The van der Waals surface area contributed by atoms with Gasteiger partial charge in [0.25, 0.3) is 0 Å². The Morgan fingerprint density at radius 2 is 2.00 bits per heavy atom. The fourth-order valence-corrected chi connectivity index (χ4v) is 1.10. The van der Waals surface area contributed by atoms with Crippen molar-refractivity contribution in [3.05, 3.63) is 30.3 Å². The Morgan fingerprint density at radius 1 is 1.25 bits per heavy atom. The summed E-state index contributed by atoms with van der Waals surface area (Å²) in [6, 6.07) is 9.69. The summed E-state index contributed by atoms with van der Waals surface area (Å²) < 4.78 is 0. The summed E-state index contributed by atoms with van der Waals surface area (Å²) in [4.78, 5) is 10.9. The summed E-state index contributed by atoms with van der Waals surface area (Å²) in [7, 11) is 0. The van der Waals surface area contributed by atoms with Crippen molar-refractivity contribution in [2.24, 2.45) is 0 Å². The molecule has 62 valence electrons. The molecule has 1 fully saturated rings. The van der Waals surface area contributed by atoms with Crippen LogP contribution in [0.3, 0.4) is 0 Å². The Bertz CT molecular complexity index is 284. The number of amides is 1. The lowest BCUT2D eigenvalue weighted by Crippen LogP contribution is -2.47. The van der Waals surface area contributed by atoms with Crippen LogP contribution in [0.15, 0.2) is 30.3 Å². The van der Waals surface area contributed by atoms with Crippen molar-refractivity contribution in [1.82, 2.24) is 5.01 Å². The second kappa shape index (κ2) is 2.85. The van der Waals surface area contributed by atoms with Gasteiger partial charge in [0, 0.05) is 6.42 Å². The van der Waals surface area contributed by atoms with Crippen molar-refractivity contribution >= 4 is 11.6 Å². The third-order valence-corrected chi connectivity index (χ3v) is 1.89. The predicted octanol–water partition coefficient (Wildman–Crippen LogP) is 1.25. The van der Waals surface area contributed by atoms with Crippen molar-refractivity contribution in [3.8, 4) is 0 Å². The van der Waals surface area contributed by atoms with Crippen molar-refractivity contribution in [3.63, 3.8) is 0 Å². The number of hydrogen-bond acceptors (Lipinski definition) is 2. The van der Waals surface area contributed by atoms with E-state index in [-0.39, 0.29) is 5.91 Å². The predicted molar refractivity (Wildman–Crippen MR) is 46.4 cm³/mol. The average Bonchev–Trinajstić information content (AvgIpc) is 2.14. The number of benzene rings is 1. The van der Waals surface area contributed by atoms with Crippen LogP contribution in [0.1, 0.15) is 6.42 Å². The maximum atomic E-state index is 10.9. The van der Waals surface area contributed by atoms with Crippen molar-refractivity contribution in [1.29, 1.82) is 0 Å². The Balaban J connectivity index is 2.00. The fourth-order valence-electron chi connectivity index (χ4n) is 1.10. The van der Waals surface area contributed by atoms with E-state index >= 15 is 0 Å². The Kier molecular flexibility index (Phi) is 1.70. The molecule has 0 bridgehead atoms. The first-order chi connectivity index (χ1) is 5.86. The summed E-state index contributed by atoms with van der Waals surface area (Å²) in [6.45, 7) is 0.813. The van der Waals surface area contributed by atoms with Gasteiger partial charge >= 0.3 is 0 Å². The summed E-state index contributed by atoms with van der Waals surface area (Å²) in [5.41, 5.74) is 3.98. The Hall–Kier alpha value is -1.51. The molecule has 1 aromatic rings. The smallest absolute Gasteiger partial charge is 0.242 e. The molecule has 0 unspecified atom stereocenters. The summed E-state index contributed by atoms with van der Waals surface area (Å²) in [6.07, 6.45) is 0.667. The Labute approximate surface area is 71.0 Å². The zero-order chi connectivity index (χ0) is 8.39. The van der Waals surface area contributed by atoms with Crippen LogP contribution in [0.4, 0.5) is 5.69 Å². The SMILES string of the molecule is O=C1CCN1Nc1ccccc1. The van der Waals surface area contributed by atoms with Gasteiger partial charge in [-0.2, -0.15) is 0 Å². The molecule has 2 rings (SSSR count). The van der Waals surface area contributed by atoms with Gasteiger partial charge in [-0.3, -0.25) is 15.2 Å². The van der Waals surface area contributed by atoms with E-state index in [4.69, 9.17) is 0 Å². The van der Waals surface area contributed by atoms with Crippen LogP contribution in [0.2, 0.25) is 0 Å². The zero-order valence-electron chi connectivity index (χ0n) is 6.66. The van der Waals surface area contributed by atoms with E-state index in [1.807, 2.05) is 30.3 Å². The van der Waals surface area contributed by atoms with Gasteiger partial charge in [0.15, 0.2) is 0 Å². The van der Waals surface area contributed by atoms with Crippen LogP contribution in [-0.4, -0.2) is 17.5 Å². The monoisotopic (exact) mass is 162 g/mol. The molecule has 0 saturated carbocycles. The zero-order valence-corrected chi connectivity index (χ0v) is 6.66. The third kappa shape index (κ3) is 1.25. The van der Waals surface area contributed by atoms with Crippen LogP contribution in [0, 0.1) is 0 Å². The number of nitrogens with zero attached hydrogens (tertiary/aromatic N) is 1. The van der Waals surface area contributed by atoms with Crippen LogP contribution >= 0.6 is 0 Å². The lowest BCUT2D eigenvalue weighted by atomic mass is 10.2. The van der Waals surface area contributed by atoms with E-state index in [0.29, 0.717) is 6.42 Å². The number of hydrogen-bond donors (Lipinski definition) is 1. The molecule has 1 saturated heterocycles. The molecule has 0 radical (unpaired) electrons. The molecule has 3 heteroatoms. The highest BCUT2D eigenvalue weighted by Gasteiger charge is 2.23. The normalized spacial score (nSPS) is 15.7. The number of rotatable bonds is 2. The topological polar surface area (TPSA) is 32.3 Å². The molecule has 1 aromatic carbocycles. The fraction of sp³-hybridized carbons (Fsp3) is 0.222. The van der Waals surface area contributed by atoms with Crippen molar-refractivity contribution in [2.45, 2.75) is 6.42 Å². The maximum Gasteiger partial charge on any atom is 0.242 e. The van der Waals surface area contributed by atoms with Gasteiger partial charge in [-0.05, 0) is 12.1 Å². The molecular weight excluding hydrogens is 152 g/mol.